The Labute approximate surface area is 372 Å². The molecule has 0 heterocycles. The lowest BCUT2D eigenvalue weighted by atomic mass is 9.81. The number of nitrogens with zero attached hydrogens (tertiary/aromatic N) is 2. The fraction of sp³-hybridized carbons (Fsp3) is 0.467. The summed E-state index contributed by atoms with van der Waals surface area (Å²) in [5, 5.41) is 22.8. The molecule has 64 heavy (non-hydrogen) atoms. The molecule has 0 spiro atoms. The zero-order valence-electron chi connectivity index (χ0n) is 37.2. The van der Waals surface area contributed by atoms with Crippen LogP contribution in [0.1, 0.15) is 87.4 Å². The number of benzene rings is 3. The molecule has 1 fully saturated rings. The van der Waals surface area contributed by atoms with Gasteiger partial charge in [-0.05, 0) is 131 Å². The first-order valence-corrected chi connectivity index (χ1v) is 21.1. The van der Waals surface area contributed by atoms with Crippen LogP contribution in [0.3, 0.4) is 0 Å². The summed E-state index contributed by atoms with van der Waals surface area (Å²) in [4.78, 5) is 63.6. The first-order chi connectivity index (χ1) is 30.1. The fourth-order valence-electron chi connectivity index (χ4n) is 6.91. The van der Waals surface area contributed by atoms with Gasteiger partial charge in [0.1, 0.15) is 11.6 Å². The van der Waals surface area contributed by atoms with Gasteiger partial charge in [0.25, 0.3) is 5.91 Å². The molecule has 1 aliphatic rings. The lowest BCUT2D eigenvalue weighted by Gasteiger charge is -2.29. The van der Waals surface area contributed by atoms with Crippen molar-refractivity contribution >= 4 is 41.3 Å². The zero-order chi connectivity index (χ0) is 47.6. The molecule has 0 bridgehead atoms. The van der Waals surface area contributed by atoms with Crippen molar-refractivity contribution in [2.75, 3.05) is 38.0 Å². The first-order valence-electron chi connectivity index (χ1n) is 21.1. The van der Waals surface area contributed by atoms with Crippen molar-refractivity contribution in [1.82, 2.24) is 26.4 Å². The third-order valence-electron chi connectivity index (χ3n) is 10.5. The average molecular weight is 898 g/mol. The number of carboxylic acid groups (broad SMARTS) is 1. The topological polar surface area (TPSA) is 243 Å². The highest BCUT2D eigenvalue weighted by atomic mass is 19.4. The summed E-state index contributed by atoms with van der Waals surface area (Å²) in [6.07, 6.45) is -2.43. The van der Waals surface area contributed by atoms with E-state index in [2.05, 4.69) is 50.7 Å². The van der Waals surface area contributed by atoms with Crippen molar-refractivity contribution in [3.8, 4) is 11.1 Å². The number of amides is 4. The van der Waals surface area contributed by atoms with Gasteiger partial charge in [-0.1, -0.05) is 44.2 Å². The van der Waals surface area contributed by atoms with Gasteiger partial charge in [0.2, 0.25) is 11.8 Å². The van der Waals surface area contributed by atoms with E-state index in [0.717, 1.165) is 54.7 Å². The van der Waals surface area contributed by atoms with Crippen LogP contribution in [0.15, 0.2) is 71.8 Å². The number of alkyl carbamates (subject to hydrolysis) is 1. The van der Waals surface area contributed by atoms with E-state index in [1.54, 1.807) is 24.3 Å². The van der Waals surface area contributed by atoms with E-state index in [9.17, 15) is 32.3 Å². The third kappa shape index (κ3) is 17.5. The molecule has 0 radical (unpaired) electrons. The number of hydrazone groups is 1. The summed E-state index contributed by atoms with van der Waals surface area (Å²) < 4.78 is 37.1. The number of carbonyl (C=O) groups is 5. The Hall–Kier alpha value is -6.21. The summed E-state index contributed by atoms with van der Waals surface area (Å²) in [6.45, 7) is 15.4. The van der Waals surface area contributed by atoms with Crippen LogP contribution in [0.5, 0.6) is 0 Å². The monoisotopic (exact) mass is 897 g/mol. The Morgan fingerprint density at radius 1 is 0.891 bits per heavy atom. The van der Waals surface area contributed by atoms with Gasteiger partial charge < -0.3 is 41.7 Å². The Morgan fingerprint density at radius 3 is 2.02 bits per heavy atom. The number of hydrogen-bond acceptors (Lipinski definition) is 10. The van der Waals surface area contributed by atoms with E-state index in [1.807, 2.05) is 70.2 Å². The van der Waals surface area contributed by atoms with Crippen molar-refractivity contribution in [3.05, 3.63) is 89.0 Å². The minimum Gasteiger partial charge on any atom is -0.475 e. The van der Waals surface area contributed by atoms with Crippen LogP contribution in [0.2, 0.25) is 0 Å². The molecule has 19 heteroatoms. The number of hydrazine groups is 1. The lowest BCUT2D eigenvalue weighted by molar-refractivity contribution is -0.192. The number of halogens is 3. The maximum absolute atomic E-state index is 13.8. The van der Waals surface area contributed by atoms with E-state index >= 15 is 0 Å². The zero-order valence-corrected chi connectivity index (χ0v) is 37.2. The second-order valence-electron chi connectivity index (χ2n) is 16.4. The van der Waals surface area contributed by atoms with Crippen LogP contribution in [0.25, 0.3) is 11.1 Å². The summed E-state index contributed by atoms with van der Waals surface area (Å²) >= 11 is 0. The molecular weight excluding hydrogens is 836 g/mol. The highest BCUT2D eigenvalue weighted by molar-refractivity contribution is 6.00. The number of carbonyl (C=O) groups excluding carboxylic acids is 4. The van der Waals surface area contributed by atoms with Gasteiger partial charge in [-0.15, -0.1) is 5.10 Å². The standard InChI is InChI=1S/C43H61N9O5.C2HF3O2/c1-7-52(8-2)24-23-46-39(53)34-19-22-36(28(3)25-34)31-13-9-29(10-14-31)26-37(41(55)48-35-20-17-32(18-21-35)38(44)50-51-45)49-40(54)33-15-11-30(12-16-33)27-47-42(56)57-43(4,5)6;3-2(4,5)1(6)7/h9-10,13-14,17-22,25,30,33,37,51H,7-8,11-12,15-16,23-24,26-27,45H2,1-6H3,(H2,44,50)(H,46,53)(H,47,56)(H,48,55)(H,49,54);(H,6,7)/t30?,33?,37-;/m0./s1. The normalized spacial score (nSPS) is 15.8. The molecule has 0 unspecified atom stereocenters. The van der Waals surface area contributed by atoms with Crippen LogP contribution in [0, 0.1) is 18.8 Å². The summed E-state index contributed by atoms with van der Waals surface area (Å²) in [5.41, 5.74) is 13.1. The molecule has 1 aliphatic carbocycles. The summed E-state index contributed by atoms with van der Waals surface area (Å²) in [7, 11) is 0. The third-order valence-corrected chi connectivity index (χ3v) is 10.5. The van der Waals surface area contributed by atoms with Crippen LogP contribution >= 0.6 is 0 Å². The number of aliphatic carboxylic acids is 1. The van der Waals surface area contributed by atoms with Crippen LogP contribution in [-0.4, -0.2) is 96.2 Å². The smallest absolute Gasteiger partial charge is 0.475 e. The Kier molecular flexibility index (Phi) is 20.0. The highest BCUT2D eigenvalue weighted by Crippen LogP contribution is 2.29. The molecule has 4 rings (SSSR count). The maximum Gasteiger partial charge on any atom is 0.490 e. The first kappa shape index (κ1) is 52.1. The second-order valence-corrected chi connectivity index (χ2v) is 16.4. The molecule has 16 nitrogen and oxygen atoms in total. The van der Waals surface area contributed by atoms with Gasteiger partial charge in [0.15, 0.2) is 5.84 Å². The predicted octanol–water partition coefficient (Wildman–Crippen LogP) is 5.45. The Morgan fingerprint density at radius 2 is 1.48 bits per heavy atom. The van der Waals surface area contributed by atoms with Gasteiger partial charge in [0.05, 0.1) is 0 Å². The number of aryl methyl sites for hydroxylation is 1. The van der Waals surface area contributed by atoms with E-state index < -0.39 is 29.9 Å². The quantitative estimate of drug-likeness (QED) is 0.0367. The molecule has 0 aliphatic heterocycles. The minimum absolute atomic E-state index is 0.0976. The highest BCUT2D eigenvalue weighted by Gasteiger charge is 2.38. The van der Waals surface area contributed by atoms with E-state index in [0.29, 0.717) is 42.7 Å². The van der Waals surface area contributed by atoms with E-state index in [1.165, 1.54) is 0 Å². The molecule has 1 atom stereocenters. The number of likely N-dealkylation sites (N-methyl/N-ethyl adjacent to an activating group) is 1. The van der Waals surface area contributed by atoms with Gasteiger partial charge >= 0.3 is 18.2 Å². The van der Waals surface area contributed by atoms with Crippen molar-refractivity contribution < 1.29 is 47.0 Å². The molecule has 350 valence electrons. The summed E-state index contributed by atoms with van der Waals surface area (Å²) in [6, 6.07) is 19.6. The largest absolute Gasteiger partial charge is 0.490 e. The maximum atomic E-state index is 13.8. The number of nitrogens with two attached hydrogens (primary N) is 2. The molecule has 3 aromatic carbocycles. The molecule has 4 amide bonds. The fourth-order valence-corrected chi connectivity index (χ4v) is 6.91. The molecule has 1 saturated carbocycles. The van der Waals surface area contributed by atoms with E-state index in [-0.39, 0.29) is 41.8 Å². The van der Waals surface area contributed by atoms with Gasteiger partial charge in [-0.3, -0.25) is 14.4 Å². The van der Waals surface area contributed by atoms with Gasteiger partial charge in [-0.2, -0.15) is 13.2 Å². The number of rotatable bonds is 17. The lowest BCUT2D eigenvalue weighted by Crippen LogP contribution is -2.48. The molecule has 0 aromatic heterocycles. The molecular formula is C45H62F3N9O7. The van der Waals surface area contributed by atoms with Crippen LogP contribution in [0.4, 0.5) is 23.7 Å². The number of amidine groups is 1. The van der Waals surface area contributed by atoms with Gasteiger partial charge in [-0.25, -0.2) is 21.0 Å². The Bertz CT molecular complexity index is 2050. The molecule has 3 aromatic rings. The van der Waals surface area contributed by atoms with Crippen LogP contribution < -0.4 is 38.4 Å². The Balaban J connectivity index is 0.00000143. The molecule has 0 saturated heterocycles. The van der Waals surface area contributed by atoms with Gasteiger partial charge in [0, 0.05) is 48.8 Å². The number of nitrogens with one attached hydrogen (secondary N) is 5. The van der Waals surface area contributed by atoms with Crippen molar-refractivity contribution in [2.24, 2.45) is 28.5 Å². The minimum atomic E-state index is -5.08. The van der Waals surface area contributed by atoms with Crippen LogP contribution in [-0.2, 0) is 25.5 Å². The van der Waals surface area contributed by atoms with Crippen molar-refractivity contribution in [1.29, 1.82) is 0 Å². The average Bonchev–Trinajstić information content (AvgIpc) is 3.24. The van der Waals surface area contributed by atoms with E-state index in [4.69, 9.17) is 26.2 Å². The number of hydrogen-bond donors (Lipinski definition) is 8. The van der Waals surface area contributed by atoms with Crippen molar-refractivity contribution in [2.45, 2.75) is 91.5 Å². The number of ether oxygens (including phenoxy) is 1. The predicted molar refractivity (Wildman–Crippen MR) is 239 cm³/mol. The SMILES string of the molecule is CCN(CC)CCNC(=O)c1ccc(-c2ccc(C[C@H](NC(=O)C3CCC(CNC(=O)OC(C)(C)C)CC3)C(=O)Nc3ccc(/C(N)=N/NN)cc3)cc2)c(C)c1.O=C(O)C(F)(F)F. The number of carboxylic acids is 1. The second kappa shape index (κ2) is 24.6. The number of alkyl halides is 3. The van der Waals surface area contributed by atoms with Crippen molar-refractivity contribution in [3.63, 3.8) is 0 Å². The number of anilines is 1. The molecule has 10 N–H and O–H groups in total. The summed E-state index contributed by atoms with van der Waals surface area (Å²) in [5.74, 6) is 2.03.